The molecule has 3 N–H and O–H groups in total. The molecule has 0 aromatic heterocycles. The molecular formula is C48H45BrN4O4. The van der Waals surface area contributed by atoms with Crippen molar-refractivity contribution in [2.75, 3.05) is 0 Å². The van der Waals surface area contributed by atoms with Gasteiger partial charge in [-0.05, 0) is 35.1 Å². The monoisotopic (exact) mass is 820 g/mol. The fourth-order valence-corrected chi connectivity index (χ4v) is 6.11. The number of carboxylic acids is 1. The SMILES string of the molecule is BrCc1ccccc1.[C-]#[N+]c1cccc(C[C@H](C(=O)OCc2ccccc2)N(Cc2ccccc2)Cc2ccccc2)c1.[C-]#[N+]c1cccc(C[C@H](N)C(=O)O)c1. The average molecular weight is 822 g/mol. The molecule has 0 bridgehead atoms. The summed E-state index contributed by atoms with van der Waals surface area (Å²) in [5.41, 5.74) is 12.7. The molecule has 0 aliphatic carbocycles. The van der Waals surface area contributed by atoms with E-state index in [2.05, 4.69) is 66.9 Å². The number of carboxylic acid groups (broad SMARTS) is 1. The summed E-state index contributed by atoms with van der Waals surface area (Å²) in [7, 11) is 0. The molecule has 6 rings (SSSR count). The first kappa shape index (κ1) is 43.4. The van der Waals surface area contributed by atoms with Crippen LogP contribution in [0.3, 0.4) is 0 Å². The minimum atomic E-state index is -1.03. The smallest absolute Gasteiger partial charge is 0.324 e. The van der Waals surface area contributed by atoms with Crippen LogP contribution in [0.25, 0.3) is 9.69 Å². The van der Waals surface area contributed by atoms with Crippen molar-refractivity contribution in [3.05, 3.63) is 226 Å². The van der Waals surface area contributed by atoms with Crippen LogP contribution in [0, 0.1) is 13.1 Å². The molecule has 0 saturated heterocycles. The molecule has 9 heteroatoms. The highest BCUT2D eigenvalue weighted by molar-refractivity contribution is 9.08. The third kappa shape index (κ3) is 15.7. The average Bonchev–Trinajstić information content (AvgIpc) is 3.26. The van der Waals surface area contributed by atoms with Gasteiger partial charge in [-0.3, -0.25) is 14.5 Å². The van der Waals surface area contributed by atoms with Gasteiger partial charge < -0.3 is 15.6 Å². The summed E-state index contributed by atoms with van der Waals surface area (Å²) < 4.78 is 5.83. The standard InChI is InChI=1S/C31H28N2O2.C10H10N2O2.C7H7Br/c1-32-29-19-11-18-28(20-29)21-30(31(34)35-24-27-16-9-4-10-17-27)33(22-25-12-5-2-6-13-25)23-26-14-7-3-8-15-26;1-12-8-4-2-3-7(5-8)6-9(11)10(13)14;8-6-7-4-2-1-3-5-7/h2-20,30H,21-24H2;2-5,9H,6,11H2,(H,13,14);1-5H,6H2/t30-;9-;/m10./s1. The maximum absolute atomic E-state index is 13.6. The van der Waals surface area contributed by atoms with Crippen molar-refractivity contribution in [1.29, 1.82) is 0 Å². The Hall–Kier alpha value is -6.36. The molecule has 0 fully saturated rings. The summed E-state index contributed by atoms with van der Waals surface area (Å²) in [6, 6.07) is 53.2. The summed E-state index contributed by atoms with van der Waals surface area (Å²) in [4.78, 5) is 33.0. The lowest BCUT2D eigenvalue weighted by Gasteiger charge is -2.31. The van der Waals surface area contributed by atoms with Crippen LogP contribution in [0.15, 0.2) is 170 Å². The number of halogens is 1. The molecule has 0 amide bonds. The van der Waals surface area contributed by atoms with Crippen molar-refractivity contribution < 1.29 is 19.4 Å². The van der Waals surface area contributed by atoms with Gasteiger partial charge in [-0.2, -0.15) is 0 Å². The van der Waals surface area contributed by atoms with E-state index < -0.39 is 18.1 Å². The molecule has 0 heterocycles. The highest BCUT2D eigenvalue weighted by atomic mass is 79.9. The Balaban J connectivity index is 0.000000266. The third-order valence-corrected chi connectivity index (χ3v) is 9.32. The normalized spacial score (nSPS) is 11.2. The first-order valence-electron chi connectivity index (χ1n) is 18.3. The molecule has 6 aromatic carbocycles. The first-order valence-corrected chi connectivity index (χ1v) is 19.4. The van der Waals surface area contributed by atoms with Gasteiger partial charge in [0.1, 0.15) is 18.7 Å². The van der Waals surface area contributed by atoms with E-state index in [0.29, 0.717) is 30.9 Å². The van der Waals surface area contributed by atoms with E-state index in [0.717, 1.165) is 33.1 Å². The van der Waals surface area contributed by atoms with E-state index >= 15 is 0 Å². The zero-order valence-corrected chi connectivity index (χ0v) is 33.1. The number of nitrogens with two attached hydrogens (primary N) is 1. The van der Waals surface area contributed by atoms with Gasteiger partial charge >= 0.3 is 11.9 Å². The van der Waals surface area contributed by atoms with Gasteiger partial charge in [0.15, 0.2) is 11.4 Å². The fourth-order valence-electron chi connectivity index (χ4n) is 5.74. The van der Waals surface area contributed by atoms with E-state index in [1.54, 1.807) is 30.3 Å². The molecule has 0 radical (unpaired) electrons. The van der Waals surface area contributed by atoms with Gasteiger partial charge in [0.2, 0.25) is 0 Å². The quantitative estimate of drug-likeness (QED) is 0.0645. The number of aliphatic carboxylic acids is 1. The van der Waals surface area contributed by atoms with Crippen LogP contribution in [0.4, 0.5) is 11.4 Å². The Bertz CT molecular complexity index is 2150. The van der Waals surface area contributed by atoms with E-state index in [-0.39, 0.29) is 19.0 Å². The minimum Gasteiger partial charge on any atom is -0.480 e. The second-order valence-electron chi connectivity index (χ2n) is 13.0. The van der Waals surface area contributed by atoms with Crippen LogP contribution >= 0.6 is 15.9 Å². The van der Waals surface area contributed by atoms with Gasteiger partial charge in [-0.15, -0.1) is 0 Å². The topological polar surface area (TPSA) is 102 Å². The van der Waals surface area contributed by atoms with Crippen LogP contribution in [0.5, 0.6) is 0 Å². The van der Waals surface area contributed by atoms with Crippen molar-refractivity contribution in [1.82, 2.24) is 4.90 Å². The lowest BCUT2D eigenvalue weighted by molar-refractivity contribution is -0.152. The molecular weight excluding hydrogens is 776 g/mol. The molecule has 6 aromatic rings. The zero-order valence-electron chi connectivity index (χ0n) is 31.5. The first-order chi connectivity index (χ1) is 27.8. The predicted molar refractivity (Wildman–Crippen MR) is 230 cm³/mol. The highest BCUT2D eigenvalue weighted by Crippen LogP contribution is 2.22. The van der Waals surface area contributed by atoms with Gasteiger partial charge in [0, 0.05) is 18.4 Å². The number of benzene rings is 6. The Kier molecular flexibility index (Phi) is 18.4. The molecule has 0 unspecified atom stereocenters. The summed E-state index contributed by atoms with van der Waals surface area (Å²) in [5, 5.41) is 9.54. The van der Waals surface area contributed by atoms with Crippen LogP contribution in [0.2, 0.25) is 0 Å². The third-order valence-electron chi connectivity index (χ3n) is 8.67. The fraction of sp³-hybridized carbons (Fsp3) is 0.167. The van der Waals surface area contributed by atoms with Gasteiger partial charge in [0.05, 0.1) is 13.1 Å². The molecule has 2 atom stereocenters. The van der Waals surface area contributed by atoms with Crippen molar-refractivity contribution in [3.8, 4) is 0 Å². The number of carbonyl (C=O) groups excluding carboxylic acids is 1. The van der Waals surface area contributed by atoms with Crippen LogP contribution in [-0.2, 0) is 52.2 Å². The molecule has 0 aliphatic heterocycles. The van der Waals surface area contributed by atoms with Gasteiger partial charge in [0.25, 0.3) is 0 Å². The van der Waals surface area contributed by atoms with Crippen molar-refractivity contribution in [2.24, 2.45) is 5.73 Å². The molecule has 288 valence electrons. The molecule has 0 saturated carbocycles. The minimum absolute atomic E-state index is 0.225. The Morgan fingerprint density at radius 3 is 1.40 bits per heavy atom. The van der Waals surface area contributed by atoms with Crippen molar-refractivity contribution >= 4 is 39.2 Å². The lowest BCUT2D eigenvalue weighted by atomic mass is 10.0. The second kappa shape index (κ2) is 24.2. The van der Waals surface area contributed by atoms with Crippen molar-refractivity contribution in [3.63, 3.8) is 0 Å². The van der Waals surface area contributed by atoms with Crippen LogP contribution in [0.1, 0.15) is 33.4 Å². The number of hydrogen-bond acceptors (Lipinski definition) is 5. The summed E-state index contributed by atoms with van der Waals surface area (Å²) in [5.74, 6) is -1.30. The Morgan fingerprint density at radius 2 is 1.00 bits per heavy atom. The second-order valence-corrected chi connectivity index (χ2v) is 13.6. The van der Waals surface area contributed by atoms with Crippen LogP contribution < -0.4 is 5.73 Å². The number of ether oxygens (including phenoxy) is 1. The van der Waals surface area contributed by atoms with Crippen molar-refractivity contribution in [2.45, 2.75) is 50.0 Å². The molecule has 0 spiro atoms. The lowest BCUT2D eigenvalue weighted by Crippen LogP contribution is -2.43. The number of nitrogens with zero attached hydrogens (tertiary/aromatic N) is 3. The van der Waals surface area contributed by atoms with E-state index in [1.807, 2.05) is 103 Å². The summed E-state index contributed by atoms with van der Waals surface area (Å²) in [6.07, 6.45) is 0.704. The number of rotatable bonds is 14. The van der Waals surface area contributed by atoms with E-state index in [4.69, 9.17) is 28.7 Å². The maximum Gasteiger partial charge on any atom is 0.324 e. The Morgan fingerprint density at radius 1 is 0.596 bits per heavy atom. The number of hydrogen-bond donors (Lipinski definition) is 2. The molecule has 57 heavy (non-hydrogen) atoms. The molecule has 8 nitrogen and oxygen atoms in total. The maximum atomic E-state index is 13.6. The Labute approximate surface area is 344 Å². The van der Waals surface area contributed by atoms with E-state index in [1.165, 1.54) is 5.56 Å². The van der Waals surface area contributed by atoms with Gasteiger partial charge in [-0.25, -0.2) is 9.69 Å². The highest BCUT2D eigenvalue weighted by Gasteiger charge is 2.28. The number of esters is 1. The van der Waals surface area contributed by atoms with E-state index in [9.17, 15) is 9.59 Å². The summed E-state index contributed by atoms with van der Waals surface area (Å²) in [6.45, 7) is 15.6. The predicted octanol–water partition coefficient (Wildman–Crippen LogP) is 10.4. The zero-order chi connectivity index (χ0) is 40.7. The summed E-state index contributed by atoms with van der Waals surface area (Å²) >= 11 is 3.36. The number of alkyl halides is 1. The molecule has 0 aliphatic rings. The largest absolute Gasteiger partial charge is 0.480 e. The van der Waals surface area contributed by atoms with Crippen LogP contribution in [-0.4, -0.2) is 34.0 Å². The number of carbonyl (C=O) groups is 2. The van der Waals surface area contributed by atoms with Gasteiger partial charge in [-0.1, -0.05) is 197 Å².